The molecule has 1 saturated heterocycles. The van der Waals surface area contributed by atoms with Gasteiger partial charge in [0.15, 0.2) is 0 Å². The van der Waals surface area contributed by atoms with Gasteiger partial charge in [0, 0.05) is 34.5 Å². The van der Waals surface area contributed by atoms with Gasteiger partial charge in [-0.05, 0) is 42.1 Å². The molecule has 28 heavy (non-hydrogen) atoms. The van der Waals surface area contributed by atoms with Crippen LogP contribution in [0.25, 0.3) is 10.8 Å². The lowest BCUT2D eigenvalue weighted by Crippen LogP contribution is -2.57. The van der Waals surface area contributed by atoms with Gasteiger partial charge >= 0.3 is 0 Å². The van der Waals surface area contributed by atoms with Gasteiger partial charge in [-0.15, -0.1) is 0 Å². The molecule has 0 aromatic heterocycles. The summed E-state index contributed by atoms with van der Waals surface area (Å²) in [5.74, 6) is 0.219. The predicted molar refractivity (Wildman–Crippen MR) is 115 cm³/mol. The molecule has 0 aliphatic carbocycles. The highest BCUT2D eigenvalue weighted by Gasteiger charge is 2.33. The van der Waals surface area contributed by atoms with Gasteiger partial charge in [0.25, 0.3) is 0 Å². The van der Waals surface area contributed by atoms with Crippen LogP contribution in [0.2, 0.25) is 0 Å². The molecule has 1 fully saturated rings. The van der Waals surface area contributed by atoms with Crippen molar-refractivity contribution >= 4 is 22.6 Å². The van der Waals surface area contributed by atoms with Crippen LogP contribution in [0.5, 0.6) is 0 Å². The van der Waals surface area contributed by atoms with E-state index in [1.807, 2.05) is 4.90 Å². The standard InChI is InChI=1S/C23H31N3O2.H2/c1-3-25-15-16-26(23(28)22(25)9-6-13-24-18(2)27)14-12-19-10-11-20-7-4-5-8-21(20)17-19;/h4-5,7-8,10-11,17,22H,3,6,9,12-16H2,1-2H3,(H,24,27);1H/t22-;/m0./s1. The second-order valence-corrected chi connectivity index (χ2v) is 7.53. The molecule has 1 aliphatic rings. The molecule has 1 aliphatic heterocycles. The molecule has 1 atom stereocenters. The predicted octanol–water partition coefficient (Wildman–Crippen LogP) is 3.08. The summed E-state index contributed by atoms with van der Waals surface area (Å²) in [6, 6.07) is 14.9. The number of rotatable bonds is 8. The van der Waals surface area contributed by atoms with E-state index in [4.69, 9.17) is 0 Å². The Kier molecular flexibility index (Phi) is 7.04. The van der Waals surface area contributed by atoms with E-state index in [0.29, 0.717) is 6.54 Å². The molecule has 0 saturated carbocycles. The van der Waals surface area contributed by atoms with Gasteiger partial charge in [-0.3, -0.25) is 14.5 Å². The number of amides is 2. The molecule has 1 N–H and O–H groups in total. The van der Waals surface area contributed by atoms with Crippen LogP contribution in [0.3, 0.4) is 0 Å². The lowest BCUT2D eigenvalue weighted by molar-refractivity contribution is -0.142. The van der Waals surface area contributed by atoms with Crippen molar-refractivity contribution in [3.8, 4) is 0 Å². The second kappa shape index (κ2) is 9.69. The van der Waals surface area contributed by atoms with E-state index >= 15 is 0 Å². The van der Waals surface area contributed by atoms with Crippen molar-refractivity contribution in [1.29, 1.82) is 0 Å². The molecule has 3 rings (SSSR count). The van der Waals surface area contributed by atoms with Crippen molar-refractivity contribution < 1.29 is 11.0 Å². The summed E-state index contributed by atoms with van der Waals surface area (Å²) in [5.41, 5.74) is 1.27. The molecular weight excluding hydrogens is 350 g/mol. The first-order valence-electron chi connectivity index (χ1n) is 10.3. The molecule has 2 amide bonds. The minimum atomic E-state index is -0.0656. The van der Waals surface area contributed by atoms with E-state index in [9.17, 15) is 9.59 Å². The van der Waals surface area contributed by atoms with Crippen molar-refractivity contribution in [1.82, 2.24) is 15.1 Å². The van der Waals surface area contributed by atoms with Crippen LogP contribution in [0.15, 0.2) is 42.5 Å². The highest BCUT2D eigenvalue weighted by atomic mass is 16.2. The maximum absolute atomic E-state index is 13.1. The average molecular weight is 384 g/mol. The number of hydrogen-bond acceptors (Lipinski definition) is 3. The third-order valence-corrected chi connectivity index (χ3v) is 5.61. The Labute approximate surface area is 169 Å². The second-order valence-electron chi connectivity index (χ2n) is 7.53. The molecular formula is C23H33N3O2. The van der Waals surface area contributed by atoms with Gasteiger partial charge in [0.2, 0.25) is 11.8 Å². The summed E-state index contributed by atoms with van der Waals surface area (Å²) in [4.78, 5) is 28.4. The SMILES string of the molecule is CCN1CCN(CCc2ccc3ccccc3c2)C(=O)[C@@H]1CCCNC(C)=O.[HH]. The fourth-order valence-corrected chi connectivity index (χ4v) is 4.01. The lowest BCUT2D eigenvalue weighted by Gasteiger charge is -2.40. The lowest BCUT2D eigenvalue weighted by atomic mass is 10.0. The molecule has 0 unspecified atom stereocenters. The molecule has 1 heterocycles. The van der Waals surface area contributed by atoms with Gasteiger partial charge in [-0.1, -0.05) is 49.4 Å². The average Bonchev–Trinajstić information content (AvgIpc) is 2.70. The fourth-order valence-electron chi connectivity index (χ4n) is 4.01. The summed E-state index contributed by atoms with van der Waals surface area (Å²) >= 11 is 0. The largest absolute Gasteiger partial charge is 0.356 e. The fraction of sp³-hybridized carbons (Fsp3) is 0.478. The smallest absolute Gasteiger partial charge is 0.239 e. The van der Waals surface area contributed by atoms with Gasteiger partial charge in [0.05, 0.1) is 6.04 Å². The number of nitrogens with zero attached hydrogens (tertiary/aromatic N) is 2. The number of hydrogen-bond donors (Lipinski definition) is 1. The van der Waals surface area contributed by atoms with Crippen LogP contribution in [-0.2, 0) is 16.0 Å². The van der Waals surface area contributed by atoms with Crippen LogP contribution >= 0.6 is 0 Å². The quantitative estimate of drug-likeness (QED) is 0.713. The summed E-state index contributed by atoms with van der Waals surface area (Å²) in [6.45, 7) is 7.63. The van der Waals surface area contributed by atoms with Gasteiger partial charge in [-0.25, -0.2) is 0 Å². The van der Waals surface area contributed by atoms with Crippen LogP contribution in [-0.4, -0.2) is 60.4 Å². The highest BCUT2D eigenvalue weighted by molar-refractivity contribution is 5.83. The Balaban J connectivity index is 0.00000300. The van der Waals surface area contributed by atoms with Gasteiger partial charge in [-0.2, -0.15) is 0 Å². The van der Waals surface area contributed by atoms with Crippen molar-refractivity contribution in [2.45, 2.75) is 39.2 Å². The summed E-state index contributed by atoms with van der Waals surface area (Å²) in [5, 5.41) is 5.32. The van der Waals surface area contributed by atoms with E-state index in [1.165, 1.54) is 23.3 Å². The number of likely N-dealkylation sites (N-methyl/N-ethyl adjacent to an activating group) is 1. The van der Waals surface area contributed by atoms with E-state index in [1.54, 1.807) is 0 Å². The van der Waals surface area contributed by atoms with Crippen LogP contribution in [0.1, 0.15) is 33.7 Å². The maximum atomic E-state index is 13.1. The zero-order valence-electron chi connectivity index (χ0n) is 17.0. The number of nitrogens with one attached hydrogen (secondary N) is 1. The third-order valence-electron chi connectivity index (χ3n) is 5.61. The molecule has 5 heteroatoms. The van der Waals surface area contributed by atoms with Crippen molar-refractivity contribution in [2.24, 2.45) is 0 Å². The number of piperazine rings is 1. The Morgan fingerprint density at radius 1 is 1.18 bits per heavy atom. The first-order valence-corrected chi connectivity index (χ1v) is 10.3. The molecule has 0 bridgehead atoms. The minimum absolute atomic E-state index is 0. The number of carbonyl (C=O) groups is 2. The summed E-state index contributed by atoms with van der Waals surface area (Å²) in [7, 11) is 0. The van der Waals surface area contributed by atoms with E-state index in [-0.39, 0.29) is 19.3 Å². The Morgan fingerprint density at radius 3 is 2.71 bits per heavy atom. The van der Waals surface area contributed by atoms with Crippen molar-refractivity contribution in [3.05, 3.63) is 48.0 Å². The van der Waals surface area contributed by atoms with E-state index in [2.05, 4.69) is 59.6 Å². The monoisotopic (exact) mass is 383 g/mol. The minimum Gasteiger partial charge on any atom is -0.356 e. The van der Waals surface area contributed by atoms with Crippen LogP contribution in [0, 0.1) is 0 Å². The van der Waals surface area contributed by atoms with Crippen molar-refractivity contribution in [2.75, 3.05) is 32.7 Å². The Bertz CT molecular complexity index is 827. The van der Waals surface area contributed by atoms with Crippen LogP contribution in [0.4, 0.5) is 0 Å². The molecule has 152 valence electrons. The van der Waals surface area contributed by atoms with Crippen LogP contribution < -0.4 is 5.32 Å². The van der Waals surface area contributed by atoms with Crippen molar-refractivity contribution in [3.63, 3.8) is 0 Å². The molecule has 2 aromatic carbocycles. The third kappa shape index (κ3) is 5.10. The van der Waals surface area contributed by atoms with E-state index < -0.39 is 0 Å². The molecule has 2 aromatic rings. The highest BCUT2D eigenvalue weighted by Crippen LogP contribution is 2.19. The molecule has 5 nitrogen and oxygen atoms in total. The first-order chi connectivity index (χ1) is 13.6. The zero-order valence-corrected chi connectivity index (χ0v) is 17.0. The Hall–Kier alpha value is -2.40. The molecule has 0 radical (unpaired) electrons. The number of benzene rings is 2. The van der Waals surface area contributed by atoms with Gasteiger partial charge < -0.3 is 10.2 Å². The normalized spacial score (nSPS) is 17.9. The zero-order chi connectivity index (χ0) is 19.9. The Morgan fingerprint density at radius 2 is 1.96 bits per heavy atom. The number of fused-ring (bicyclic) bond motifs is 1. The summed E-state index contributed by atoms with van der Waals surface area (Å²) in [6.07, 6.45) is 2.49. The molecule has 0 spiro atoms. The first kappa shape index (κ1) is 20.3. The van der Waals surface area contributed by atoms with E-state index in [0.717, 1.165) is 45.4 Å². The number of carbonyl (C=O) groups excluding carboxylic acids is 2. The maximum Gasteiger partial charge on any atom is 0.239 e. The topological polar surface area (TPSA) is 52.6 Å². The van der Waals surface area contributed by atoms with Gasteiger partial charge in [0.1, 0.15) is 0 Å². The summed E-state index contributed by atoms with van der Waals surface area (Å²) < 4.78 is 0.